The van der Waals surface area contributed by atoms with Crippen molar-refractivity contribution in [1.29, 1.82) is 0 Å². The second kappa shape index (κ2) is 9.88. The number of anilines is 3. The molecular weight excluding hydrogens is 482 g/mol. The number of nitrogens with one attached hydrogen (secondary N) is 2. The third-order valence-electron chi connectivity index (χ3n) is 6.74. The summed E-state index contributed by atoms with van der Waals surface area (Å²) in [6.07, 6.45) is 2.79. The van der Waals surface area contributed by atoms with E-state index in [1.807, 2.05) is 0 Å². The monoisotopic (exact) mass is 507 g/mol. The van der Waals surface area contributed by atoms with E-state index in [-0.39, 0.29) is 36.4 Å². The Hall–Kier alpha value is -3.48. The molecule has 2 fully saturated rings. The van der Waals surface area contributed by atoms with Gasteiger partial charge in [0.2, 0.25) is 17.8 Å². The van der Waals surface area contributed by atoms with Crippen LogP contribution in [0.1, 0.15) is 38.1 Å². The summed E-state index contributed by atoms with van der Waals surface area (Å²) < 4.78 is 63.3. The molecule has 0 spiro atoms. The summed E-state index contributed by atoms with van der Waals surface area (Å²) in [5.74, 6) is -3.66. The maximum absolute atomic E-state index is 14.4. The normalized spacial score (nSPS) is 24.6. The molecule has 5 rings (SSSR count). The lowest BCUT2D eigenvalue weighted by molar-refractivity contribution is -0.122. The van der Waals surface area contributed by atoms with Crippen molar-refractivity contribution >= 4 is 34.7 Å². The molecule has 0 bridgehead atoms. The van der Waals surface area contributed by atoms with E-state index in [0.717, 1.165) is 0 Å². The molecule has 2 atom stereocenters. The summed E-state index contributed by atoms with van der Waals surface area (Å²) in [6.45, 7) is 0.383. The second-order valence-corrected chi connectivity index (χ2v) is 9.12. The number of ether oxygens (including phenoxy) is 1. The SMILES string of the molecule is NC(=O)[C@H]1CC[C@@H](n2c(Nc3c(F)cc(F)cc3F)nc3cnc(N[C@H]4CCOC[C@H]4F)nc32)CC1. The van der Waals surface area contributed by atoms with E-state index in [1.165, 1.54) is 6.20 Å². The predicted octanol–water partition coefficient (Wildman–Crippen LogP) is 3.74. The molecule has 9 nitrogen and oxygen atoms in total. The average Bonchev–Trinajstić information content (AvgIpc) is 3.20. The number of carbonyl (C=O) groups is 1. The van der Waals surface area contributed by atoms with E-state index in [2.05, 4.69) is 25.6 Å². The molecule has 1 saturated carbocycles. The first-order valence-corrected chi connectivity index (χ1v) is 11.7. The van der Waals surface area contributed by atoms with Gasteiger partial charge in [0.25, 0.3) is 0 Å². The number of imidazole rings is 1. The van der Waals surface area contributed by atoms with Gasteiger partial charge in [-0.3, -0.25) is 9.36 Å². The number of nitrogens with zero attached hydrogens (tertiary/aromatic N) is 4. The second-order valence-electron chi connectivity index (χ2n) is 9.12. The number of aromatic nitrogens is 4. The number of carbonyl (C=O) groups excluding carboxylic acids is 1. The fourth-order valence-electron chi connectivity index (χ4n) is 4.82. The number of nitrogens with two attached hydrogens (primary N) is 1. The first-order chi connectivity index (χ1) is 17.3. The van der Waals surface area contributed by atoms with Gasteiger partial charge in [0.05, 0.1) is 18.8 Å². The summed E-state index contributed by atoms with van der Waals surface area (Å²) in [4.78, 5) is 24.8. The van der Waals surface area contributed by atoms with E-state index in [9.17, 15) is 22.4 Å². The summed E-state index contributed by atoms with van der Waals surface area (Å²) in [5.41, 5.74) is 5.61. The third-order valence-corrected chi connectivity index (χ3v) is 6.74. The van der Waals surface area contributed by atoms with Crippen molar-refractivity contribution < 1.29 is 27.1 Å². The van der Waals surface area contributed by atoms with Gasteiger partial charge in [-0.05, 0) is 32.1 Å². The zero-order chi connectivity index (χ0) is 25.4. The highest BCUT2D eigenvalue weighted by molar-refractivity contribution is 5.78. The van der Waals surface area contributed by atoms with Gasteiger partial charge >= 0.3 is 0 Å². The van der Waals surface area contributed by atoms with Crippen molar-refractivity contribution in [2.24, 2.45) is 11.7 Å². The number of alkyl halides is 1. The van der Waals surface area contributed by atoms with Gasteiger partial charge in [-0.1, -0.05) is 0 Å². The number of benzene rings is 1. The highest BCUT2D eigenvalue weighted by atomic mass is 19.1. The van der Waals surface area contributed by atoms with Crippen LogP contribution < -0.4 is 16.4 Å². The number of hydrogen-bond acceptors (Lipinski definition) is 7. The molecule has 13 heteroatoms. The van der Waals surface area contributed by atoms with Crippen LogP contribution in [0.2, 0.25) is 0 Å². The van der Waals surface area contributed by atoms with Crippen LogP contribution in [-0.2, 0) is 9.53 Å². The predicted molar refractivity (Wildman–Crippen MR) is 123 cm³/mol. The summed E-state index contributed by atoms with van der Waals surface area (Å²) >= 11 is 0. The lowest BCUT2D eigenvalue weighted by atomic mass is 9.85. The van der Waals surface area contributed by atoms with Crippen molar-refractivity contribution in [3.63, 3.8) is 0 Å². The van der Waals surface area contributed by atoms with Crippen LogP contribution in [-0.4, -0.2) is 50.9 Å². The van der Waals surface area contributed by atoms with E-state index in [0.29, 0.717) is 62.0 Å². The Morgan fingerprint density at radius 1 is 1.08 bits per heavy atom. The molecule has 3 heterocycles. The van der Waals surface area contributed by atoms with Crippen LogP contribution in [0.4, 0.5) is 35.1 Å². The Labute approximate surface area is 203 Å². The lowest BCUT2D eigenvalue weighted by Crippen LogP contribution is -2.39. The minimum Gasteiger partial charge on any atom is -0.378 e. The minimum absolute atomic E-state index is 0.0240. The molecule has 0 unspecified atom stereocenters. The summed E-state index contributed by atoms with van der Waals surface area (Å²) in [6, 6.07) is 0.386. The van der Waals surface area contributed by atoms with Crippen molar-refractivity contribution in [3.8, 4) is 0 Å². The van der Waals surface area contributed by atoms with Crippen molar-refractivity contribution in [2.45, 2.75) is 50.4 Å². The first kappa shape index (κ1) is 24.2. The molecular formula is C23H25F4N7O2. The fourth-order valence-corrected chi connectivity index (χ4v) is 4.82. The number of halogens is 4. The van der Waals surface area contributed by atoms with Gasteiger partial charge in [-0.15, -0.1) is 0 Å². The highest BCUT2D eigenvalue weighted by Gasteiger charge is 2.30. The molecule has 36 heavy (non-hydrogen) atoms. The van der Waals surface area contributed by atoms with Crippen molar-refractivity contribution in [3.05, 3.63) is 35.8 Å². The van der Waals surface area contributed by atoms with E-state index >= 15 is 0 Å². The van der Waals surface area contributed by atoms with Crippen LogP contribution in [0.15, 0.2) is 18.3 Å². The van der Waals surface area contributed by atoms with Gasteiger partial charge < -0.3 is 21.1 Å². The Kier molecular flexibility index (Phi) is 6.65. The zero-order valence-corrected chi connectivity index (χ0v) is 19.2. The van der Waals surface area contributed by atoms with Crippen LogP contribution in [0.25, 0.3) is 11.2 Å². The third kappa shape index (κ3) is 4.79. The Balaban J connectivity index is 1.53. The molecule has 192 valence electrons. The molecule has 1 aromatic carbocycles. The van der Waals surface area contributed by atoms with Gasteiger partial charge in [-0.2, -0.15) is 4.98 Å². The lowest BCUT2D eigenvalue weighted by Gasteiger charge is -2.29. The smallest absolute Gasteiger partial charge is 0.225 e. The van der Waals surface area contributed by atoms with Gasteiger partial charge in [0, 0.05) is 30.7 Å². The maximum Gasteiger partial charge on any atom is 0.225 e. The van der Waals surface area contributed by atoms with Crippen LogP contribution >= 0.6 is 0 Å². The van der Waals surface area contributed by atoms with Gasteiger partial charge in [-0.25, -0.2) is 27.5 Å². The minimum atomic E-state index is -1.23. The first-order valence-electron chi connectivity index (χ1n) is 11.7. The topological polar surface area (TPSA) is 120 Å². The molecule has 4 N–H and O–H groups in total. The average molecular weight is 507 g/mol. The quantitative estimate of drug-likeness (QED) is 0.435. The summed E-state index contributed by atoms with van der Waals surface area (Å²) in [5, 5.41) is 5.64. The van der Waals surface area contributed by atoms with E-state index in [1.54, 1.807) is 4.57 Å². The van der Waals surface area contributed by atoms with Crippen molar-refractivity contribution in [2.75, 3.05) is 23.8 Å². The number of amides is 1. The molecule has 2 aromatic heterocycles. The molecule has 1 aliphatic carbocycles. The number of primary amides is 1. The number of fused-ring (bicyclic) bond motifs is 1. The number of hydrogen-bond donors (Lipinski definition) is 3. The maximum atomic E-state index is 14.4. The van der Waals surface area contributed by atoms with Crippen LogP contribution in [0.3, 0.4) is 0 Å². The molecule has 2 aliphatic rings. The highest BCUT2D eigenvalue weighted by Crippen LogP contribution is 2.37. The van der Waals surface area contributed by atoms with E-state index in [4.69, 9.17) is 10.5 Å². The standard InChI is InChI=1S/C23H25F4N7O2/c24-12-7-14(25)19(15(26)8-12)32-23-31-18-9-29-22(30-17-5-6-36-10-16(17)27)33-21(18)34(23)13-3-1-11(2-4-13)20(28)35/h7-9,11,13,16-17H,1-6,10H2,(H2,28,35)(H,31,32)(H,29,30,33)/t11-,13+,16-,17+/m1/s1. The largest absolute Gasteiger partial charge is 0.378 e. The molecule has 1 aliphatic heterocycles. The molecule has 0 radical (unpaired) electrons. The van der Waals surface area contributed by atoms with Crippen LogP contribution in [0, 0.1) is 23.4 Å². The van der Waals surface area contributed by atoms with Gasteiger partial charge in [0.15, 0.2) is 17.3 Å². The Morgan fingerprint density at radius 3 is 2.47 bits per heavy atom. The number of rotatable bonds is 6. The molecule has 3 aromatic rings. The molecule has 1 saturated heterocycles. The van der Waals surface area contributed by atoms with Gasteiger partial charge in [0.1, 0.15) is 23.2 Å². The van der Waals surface area contributed by atoms with Crippen molar-refractivity contribution in [1.82, 2.24) is 19.5 Å². The Bertz CT molecular complexity index is 1260. The van der Waals surface area contributed by atoms with E-state index < -0.39 is 35.4 Å². The summed E-state index contributed by atoms with van der Waals surface area (Å²) in [7, 11) is 0. The molecule has 1 amide bonds. The Morgan fingerprint density at radius 2 is 1.81 bits per heavy atom. The zero-order valence-electron chi connectivity index (χ0n) is 19.2. The van der Waals surface area contributed by atoms with Crippen LogP contribution in [0.5, 0.6) is 0 Å². The fraction of sp³-hybridized carbons (Fsp3) is 0.478.